The Morgan fingerprint density at radius 3 is 1.92 bits per heavy atom. The third kappa shape index (κ3) is 6.64. The van der Waals surface area contributed by atoms with Crippen LogP contribution in [0.5, 0.6) is 0 Å². The van der Waals surface area contributed by atoms with E-state index in [-0.39, 0.29) is 0 Å². The Hall–Kier alpha value is -0.500. The lowest BCUT2D eigenvalue weighted by Gasteiger charge is -1.96. The standard InChI is InChI=1S/C9H16.CHClO2/c1-7(2)5-8-6-9(8,3)4;2-1(3)4/h5,8H,6H2,1-4H3;(H,3,4). The SMILES string of the molecule is CC(C)=CC1CC1(C)C.O=C(O)Cl. The molecule has 0 heterocycles. The molecule has 3 heteroatoms. The predicted octanol–water partition coefficient (Wildman–Crippen LogP) is 3.90. The van der Waals surface area contributed by atoms with E-state index in [0.717, 1.165) is 5.92 Å². The zero-order chi connectivity index (χ0) is 10.6. The van der Waals surface area contributed by atoms with Crippen molar-refractivity contribution in [2.75, 3.05) is 0 Å². The van der Waals surface area contributed by atoms with Gasteiger partial charge in [-0.1, -0.05) is 25.5 Å². The monoisotopic (exact) mass is 204 g/mol. The number of rotatable bonds is 1. The molecule has 1 aliphatic carbocycles. The summed E-state index contributed by atoms with van der Waals surface area (Å²) >= 11 is 4.19. The first-order valence-electron chi connectivity index (χ1n) is 4.29. The van der Waals surface area contributed by atoms with Gasteiger partial charge < -0.3 is 5.11 Å². The lowest BCUT2D eigenvalue weighted by molar-refractivity contribution is 0.220. The fraction of sp³-hybridized carbons (Fsp3) is 0.700. The number of carbonyl (C=O) groups is 1. The third-order valence-corrected chi connectivity index (χ3v) is 2.12. The van der Waals surface area contributed by atoms with Gasteiger partial charge in [-0.15, -0.1) is 0 Å². The summed E-state index contributed by atoms with van der Waals surface area (Å²) in [5.74, 6) is 0.877. The van der Waals surface area contributed by atoms with E-state index in [1.165, 1.54) is 12.0 Å². The number of hydrogen-bond donors (Lipinski definition) is 1. The Morgan fingerprint density at radius 2 is 1.85 bits per heavy atom. The minimum Gasteiger partial charge on any atom is -0.469 e. The Labute approximate surface area is 84.6 Å². The molecule has 1 rings (SSSR count). The largest absolute Gasteiger partial charge is 0.469 e. The highest BCUT2D eigenvalue weighted by atomic mass is 35.5. The Balaban J connectivity index is 0.000000310. The normalized spacial score (nSPS) is 22.4. The van der Waals surface area contributed by atoms with E-state index in [1.54, 1.807) is 0 Å². The number of carboxylic acid groups (broad SMARTS) is 1. The van der Waals surface area contributed by atoms with Gasteiger partial charge in [0.15, 0.2) is 0 Å². The first-order valence-corrected chi connectivity index (χ1v) is 4.67. The highest BCUT2D eigenvalue weighted by Crippen LogP contribution is 2.52. The van der Waals surface area contributed by atoms with E-state index >= 15 is 0 Å². The molecule has 1 fully saturated rings. The molecule has 2 nitrogen and oxygen atoms in total. The molecule has 0 bridgehead atoms. The zero-order valence-corrected chi connectivity index (χ0v) is 9.35. The molecule has 0 aromatic carbocycles. The van der Waals surface area contributed by atoms with Crippen LogP contribution in [0.2, 0.25) is 0 Å². The van der Waals surface area contributed by atoms with Crippen molar-refractivity contribution in [2.24, 2.45) is 11.3 Å². The minimum atomic E-state index is -1.36. The summed E-state index contributed by atoms with van der Waals surface area (Å²) in [5.41, 5.74) is 0.725. The molecule has 1 N–H and O–H groups in total. The summed E-state index contributed by atoms with van der Waals surface area (Å²) in [6.45, 7) is 9.01. The van der Waals surface area contributed by atoms with Crippen LogP contribution < -0.4 is 0 Å². The van der Waals surface area contributed by atoms with Gasteiger partial charge in [-0.2, -0.15) is 0 Å². The van der Waals surface area contributed by atoms with Crippen molar-refractivity contribution in [3.63, 3.8) is 0 Å². The fourth-order valence-electron chi connectivity index (χ4n) is 1.19. The van der Waals surface area contributed by atoms with Crippen LogP contribution in [0.15, 0.2) is 11.6 Å². The van der Waals surface area contributed by atoms with E-state index in [4.69, 9.17) is 9.90 Å². The molecule has 1 saturated carbocycles. The van der Waals surface area contributed by atoms with Crippen molar-refractivity contribution in [3.05, 3.63) is 11.6 Å². The minimum absolute atomic E-state index is 0.622. The molecule has 0 aromatic heterocycles. The molecule has 13 heavy (non-hydrogen) atoms. The molecule has 0 radical (unpaired) electrons. The summed E-state index contributed by atoms with van der Waals surface area (Å²) in [6, 6.07) is 0. The molecule has 0 saturated heterocycles. The first kappa shape index (κ1) is 12.5. The molecule has 76 valence electrons. The Bertz CT molecular complexity index is 211. The van der Waals surface area contributed by atoms with Crippen LogP contribution in [-0.2, 0) is 0 Å². The highest BCUT2D eigenvalue weighted by Gasteiger charge is 2.43. The van der Waals surface area contributed by atoms with Gasteiger partial charge in [-0.25, -0.2) is 4.79 Å². The molecular formula is C10H17ClO2. The maximum absolute atomic E-state index is 8.77. The summed E-state index contributed by atoms with van der Waals surface area (Å²) < 4.78 is 0. The van der Waals surface area contributed by atoms with Gasteiger partial charge >= 0.3 is 5.43 Å². The van der Waals surface area contributed by atoms with Crippen LogP contribution in [0.1, 0.15) is 34.1 Å². The summed E-state index contributed by atoms with van der Waals surface area (Å²) in [6.07, 6.45) is 3.78. The van der Waals surface area contributed by atoms with Gasteiger partial charge in [-0.05, 0) is 31.6 Å². The van der Waals surface area contributed by atoms with Crippen molar-refractivity contribution < 1.29 is 9.90 Å². The lowest BCUT2D eigenvalue weighted by Crippen LogP contribution is -1.86. The van der Waals surface area contributed by atoms with Crippen molar-refractivity contribution in [3.8, 4) is 0 Å². The molecule has 0 aliphatic heterocycles. The lowest BCUT2D eigenvalue weighted by atomic mass is 10.1. The second kappa shape index (κ2) is 4.66. The van der Waals surface area contributed by atoms with Gasteiger partial charge in [0.25, 0.3) is 0 Å². The van der Waals surface area contributed by atoms with Gasteiger partial charge in [0.1, 0.15) is 0 Å². The molecular weight excluding hydrogens is 188 g/mol. The first-order chi connectivity index (χ1) is 5.75. The molecule has 1 aliphatic rings. The van der Waals surface area contributed by atoms with E-state index in [9.17, 15) is 0 Å². The van der Waals surface area contributed by atoms with Gasteiger partial charge in [0, 0.05) is 11.6 Å². The molecule has 1 atom stereocenters. The highest BCUT2D eigenvalue weighted by molar-refractivity contribution is 6.60. The molecule has 1 unspecified atom stereocenters. The molecule has 0 spiro atoms. The van der Waals surface area contributed by atoms with E-state index in [2.05, 4.69) is 45.4 Å². The third-order valence-electron chi connectivity index (χ3n) is 2.12. The smallest absolute Gasteiger partial charge is 0.401 e. The van der Waals surface area contributed by atoms with Crippen molar-refractivity contribution in [2.45, 2.75) is 34.1 Å². The summed E-state index contributed by atoms with van der Waals surface area (Å²) in [4.78, 5) is 8.77. The van der Waals surface area contributed by atoms with Gasteiger partial charge in [0.05, 0.1) is 0 Å². The van der Waals surface area contributed by atoms with Crippen LogP contribution in [-0.4, -0.2) is 10.5 Å². The van der Waals surface area contributed by atoms with E-state index in [1.807, 2.05) is 0 Å². The summed E-state index contributed by atoms with van der Waals surface area (Å²) in [7, 11) is 0. The quantitative estimate of drug-likeness (QED) is 0.520. The van der Waals surface area contributed by atoms with Crippen LogP contribution in [0.4, 0.5) is 4.79 Å². The van der Waals surface area contributed by atoms with Crippen LogP contribution in [0, 0.1) is 11.3 Å². The fourth-order valence-corrected chi connectivity index (χ4v) is 1.19. The maximum Gasteiger partial charge on any atom is 0.401 e. The van der Waals surface area contributed by atoms with Crippen LogP contribution in [0.3, 0.4) is 0 Å². The van der Waals surface area contributed by atoms with Crippen LogP contribution >= 0.6 is 11.6 Å². The second-order valence-electron chi connectivity index (χ2n) is 4.30. The van der Waals surface area contributed by atoms with Crippen molar-refractivity contribution in [1.29, 1.82) is 0 Å². The van der Waals surface area contributed by atoms with Crippen molar-refractivity contribution >= 4 is 17.0 Å². The Morgan fingerprint density at radius 1 is 1.54 bits per heavy atom. The Kier molecular flexibility index (Phi) is 4.48. The number of halogens is 1. The van der Waals surface area contributed by atoms with Gasteiger partial charge in [0.2, 0.25) is 0 Å². The van der Waals surface area contributed by atoms with Gasteiger partial charge in [-0.3, -0.25) is 0 Å². The maximum atomic E-state index is 8.77. The zero-order valence-electron chi connectivity index (χ0n) is 8.60. The van der Waals surface area contributed by atoms with Crippen LogP contribution in [0.25, 0.3) is 0 Å². The number of allylic oxidation sites excluding steroid dienone is 2. The average Bonchev–Trinajstić information content (AvgIpc) is 2.34. The van der Waals surface area contributed by atoms with Crippen molar-refractivity contribution in [1.82, 2.24) is 0 Å². The van der Waals surface area contributed by atoms with E-state index < -0.39 is 5.43 Å². The molecule has 0 aromatic rings. The van der Waals surface area contributed by atoms with E-state index in [0.29, 0.717) is 5.41 Å². The summed E-state index contributed by atoms with van der Waals surface area (Å²) in [5, 5.41) is 7.18. The second-order valence-corrected chi connectivity index (χ2v) is 4.62. The molecule has 0 amide bonds. The topological polar surface area (TPSA) is 37.3 Å². The average molecular weight is 205 g/mol. The number of hydrogen-bond acceptors (Lipinski definition) is 1. The predicted molar refractivity (Wildman–Crippen MR) is 55.2 cm³/mol.